The molecule has 2 aromatic carbocycles. The van der Waals surface area contributed by atoms with Crippen molar-refractivity contribution in [2.45, 2.75) is 0 Å². The smallest absolute Gasteiger partial charge is 0.339 e. The van der Waals surface area contributed by atoms with Gasteiger partial charge < -0.3 is 14.9 Å². The third-order valence-corrected chi connectivity index (χ3v) is 4.78. The van der Waals surface area contributed by atoms with Crippen LogP contribution in [0.15, 0.2) is 60.8 Å². The first-order chi connectivity index (χ1) is 13.4. The first-order valence-electron chi connectivity index (χ1n) is 8.02. The van der Waals surface area contributed by atoms with Crippen LogP contribution in [0.3, 0.4) is 0 Å². The molecular weight excluding hydrogens is 384 g/mol. The van der Waals surface area contributed by atoms with Crippen molar-refractivity contribution in [3.8, 4) is 22.8 Å². The van der Waals surface area contributed by atoms with Crippen LogP contribution in [0.4, 0.5) is 11.4 Å². The number of benzene rings is 2. The molecule has 0 aliphatic carbocycles. The van der Waals surface area contributed by atoms with Crippen molar-refractivity contribution in [1.82, 2.24) is 4.98 Å². The summed E-state index contributed by atoms with van der Waals surface area (Å²) in [4.78, 5) is 15.2. The fourth-order valence-electron chi connectivity index (χ4n) is 2.66. The third kappa shape index (κ3) is 3.89. The molecule has 0 bridgehead atoms. The third-order valence-electron chi connectivity index (χ3n) is 3.99. The van der Waals surface area contributed by atoms with E-state index >= 15 is 0 Å². The summed E-state index contributed by atoms with van der Waals surface area (Å²) in [6.07, 6.45) is 1.60. The van der Waals surface area contributed by atoms with E-state index in [1.165, 1.54) is 13.2 Å². The van der Waals surface area contributed by atoms with Gasteiger partial charge in [-0.15, -0.1) is 0 Å². The van der Waals surface area contributed by atoms with Crippen LogP contribution in [0.25, 0.3) is 11.1 Å². The van der Waals surface area contributed by atoms with Crippen LogP contribution >= 0.6 is 0 Å². The summed E-state index contributed by atoms with van der Waals surface area (Å²) in [5, 5.41) is 18.9. The van der Waals surface area contributed by atoms with Crippen molar-refractivity contribution in [1.29, 1.82) is 0 Å². The van der Waals surface area contributed by atoms with Crippen LogP contribution in [0.2, 0.25) is 0 Å². The highest BCUT2D eigenvalue weighted by Gasteiger charge is 2.17. The van der Waals surface area contributed by atoms with E-state index in [0.717, 1.165) is 27.6 Å². The lowest BCUT2D eigenvalue weighted by atomic mass is 10.1. The minimum atomic E-state index is -3.10. The van der Waals surface area contributed by atoms with Gasteiger partial charge in [0.1, 0.15) is 11.3 Å². The van der Waals surface area contributed by atoms with Gasteiger partial charge in [-0.25, -0.2) is 22.5 Å². The van der Waals surface area contributed by atoms with Gasteiger partial charge in [0.2, 0.25) is 16.8 Å². The maximum absolute atomic E-state index is 11.9. The number of methoxy groups -OCH3 is 1. The first kappa shape index (κ1) is 19.2. The Kier molecular flexibility index (Phi) is 5.46. The molecular formula is C19H16N2O6S. The zero-order valence-electron chi connectivity index (χ0n) is 14.6. The van der Waals surface area contributed by atoms with Gasteiger partial charge in [0, 0.05) is 23.9 Å². The summed E-state index contributed by atoms with van der Waals surface area (Å²) in [5.41, 5.74) is 1.60. The molecule has 0 fully saturated rings. The molecule has 0 unspecified atom stereocenters. The summed E-state index contributed by atoms with van der Waals surface area (Å²) in [7, 11) is -1.59. The number of carboxylic acids is 1. The SMILES string of the molecule is COc1ccc(-c2cccc(N(c3ccc(C(=O)O)c(O)c3)[SH](=O)=O)c2)cn1. The van der Waals surface area contributed by atoms with E-state index in [-0.39, 0.29) is 11.3 Å². The molecule has 0 aliphatic rings. The Bertz CT molecular complexity index is 1090. The minimum absolute atomic E-state index is 0.114. The Balaban J connectivity index is 2.03. The number of ether oxygens (including phenoxy) is 1. The Morgan fingerprint density at radius 2 is 1.79 bits per heavy atom. The average molecular weight is 400 g/mol. The maximum atomic E-state index is 11.9. The van der Waals surface area contributed by atoms with Gasteiger partial charge in [0.25, 0.3) is 0 Å². The van der Waals surface area contributed by atoms with Crippen LogP contribution in [0.5, 0.6) is 11.6 Å². The Morgan fingerprint density at radius 3 is 2.36 bits per heavy atom. The molecule has 0 spiro atoms. The largest absolute Gasteiger partial charge is 0.507 e. The molecule has 2 N–H and O–H groups in total. The van der Waals surface area contributed by atoms with Crippen LogP contribution in [0.1, 0.15) is 10.4 Å². The molecule has 1 aromatic heterocycles. The Hall–Kier alpha value is -3.59. The Labute approximate surface area is 162 Å². The molecule has 0 aliphatic heterocycles. The fraction of sp³-hybridized carbons (Fsp3) is 0.0526. The lowest BCUT2D eigenvalue weighted by Crippen LogP contribution is -2.14. The second-order valence-corrected chi connectivity index (χ2v) is 6.57. The molecule has 8 nitrogen and oxygen atoms in total. The highest BCUT2D eigenvalue weighted by molar-refractivity contribution is 7.74. The normalized spacial score (nSPS) is 10.6. The summed E-state index contributed by atoms with van der Waals surface area (Å²) in [6.45, 7) is 0. The predicted molar refractivity (Wildman–Crippen MR) is 104 cm³/mol. The average Bonchev–Trinajstić information content (AvgIpc) is 2.68. The number of aromatic nitrogens is 1. The minimum Gasteiger partial charge on any atom is -0.507 e. The number of aromatic carboxylic acids is 1. The number of hydrogen-bond donors (Lipinski definition) is 3. The molecule has 0 saturated heterocycles. The van der Waals surface area contributed by atoms with Crippen molar-refractivity contribution < 1.29 is 28.2 Å². The highest BCUT2D eigenvalue weighted by atomic mass is 32.2. The molecule has 0 amide bonds. The number of carboxylic acid groups (broad SMARTS) is 1. The van der Waals surface area contributed by atoms with Crippen LogP contribution < -0.4 is 9.04 Å². The van der Waals surface area contributed by atoms with Gasteiger partial charge in [0.15, 0.2) is 0 Å². The van der Waals surface area contributed by atoms with Crippen LogP contribution in [0, 0.1) is 0 Å². The first-order valence-corrected chi connectivity index (χ1v) is 9.15. The monoisotopic (exact) mass is 400 g/mol. The van der Waals surface area contributed by atoms with Crippen molar-refractivity contribution in [3.63, 3.8) is 0 Å². The summed E-state index contributed by atoms with van der Waals surface area (Å²) in [5.74, 6) is -1.38. The topological polar surface area (TPSA) is 117 Å². The maximum Gasteiger partial charge on any atom is 0.339 e. The zero-order valence-corrected chi connectivity index (χ0v) is 15.5. The second-order valence-electron chi connectivity index (χ2n) is 5.70. The van der Waals surface area contributed by atoms with Gasteiger partial charge in [-0.1, -0.05) is 12.1 Å². The summed E-state index contributed by atoms with van der Waals surface area (Å²) < 4.78 is 29.8. The second kappa shape index (κ2) is 7.97. The van der Waals surface area contributed by atoms with E-state index in [1.54, 1.807) is 42.6 Å². The van der Waals surface area contributed by atoms with Crippen LogP contribution in [-0.2, 0) is 10.9 Å². The van der Waals surface area contributed by atoms with Crippen LogP contribution in [-0.4, -0.2) is 36.7 Å². The molecule has 144 valence electrons. The van der Waals surface area contributed by atoms with E-state index in [1.807, 2.05) is 0 Å². The zero-order chi connectivity index (χ0) is 20.3. The van der Waals surface area contributed by atoms with E-state index in [0.29, 0.717) is 11.6 Å². The molecule has 0 atom stereocenters. The molecule has 0 radical (unpaired) electrons. The number of nitrogens with zero attached hydrogens (tertiary/aromatic N) is 2. The lowest BCUT2D eigenvalue weighted by Gasteiger charge is -2.19. The number of carbonyl (C=O) groups is 1. The molecule has 28 heavy (non-hydrogen) atoms. The Morgan fingerprint density at radius 1 is 1.04 bits per heavy atom. The fourth-order valence-corrected chi connectivity index (χ4v) is 3.29. The van der Waals surface area contributed by atoms with E-state index in [4.69, 9.17) is 9.84 Å². The van der Waals surface area contributed by atoms with Gasteiger partial charge in [-0.05, 0) is 35.9 Å². The van der Waals surface area contributed by atoms with Gasteiger partial charge in [-0.2, -0.15) is 0 Å². The van der Waals surface area contributed by atoms with E-state index in [2.05, 4.69) is 4.98 Å². The lowest BCUT2D eigenvalue weighted by molar-refractivity contribution is 0.0694. The van der Waals surface area contributed by atoms with Crippen molar-refractivity contribution in [3.05, 3.63) is 66.4 Å². The predicted octanol–water partition coefficient (Wildman–Crippen LogP) is 2.83. The summed E-state index contributed by atoms with van der Waals surface area (Å²) in [6, 6.07) is 13.8. The van der Waals surface area contributed by atoms with E-state index in [9.17, 15) is 18.3 Å². The van der Waals surface area contributed by atoms with Gasteiger partial charge in [-0.3, -0.25) is 0 Å². The van der Waals surface area contributed by atoms with Crippen molar-refractivity contribution in [2.75, 3.05) is 11.4 Å². The van der Waals surface area contributed by atoms with Crippen molar-refractivity contribution in [2.24, 2.45) is 0 Å². The number of thiol groups is 1. The molecule has 9 heteroatoms. The molecule has 3 aromatic rings. The summed E-state index contributed by atoms with van der Waals surface area (Å²) >= 11 is 0. The molecule has 1 heterocycles. The molecule has 0 saturated carbocycles. The number of phenols is 1. The number of pyridine rings is 1. The number of anilines is 2. The van der Waals surface area contributed by atoms with E-state index < -0.39 is 22.6 Å². The standard InChI is InChI=1S/C19H16N2O6S/c1-27-18-8-5-13(11-20-18)12-3-2-4-14(9-12)21(28(25)26)15-6-7-16(19(23)24)17(22)10-15/h2-11,22,28H,1H3,(H,23,24). The van der Waals surface area contributed by atoms with Gasteiger partial charge in [0.05, 0.1) is 18.5 Å². The van der Waals surface area contributed by atoms with Gasteiger partial charge >= 0.3 is 5.97 Å². The highest BCUT2D eigenvalue weighted by Crippen LogP contribution is 2.32. The number of aromatic hydroxyl groups is 1. The quantitative estimate of drug-likeness (QED) is 0.545. The molecule has 3 rings (SSSR count). The number of rotatable bonds is 6. The van der Waals surface area contributed by atoms with Crippen molar-refractivity contribution >= 4 is 28.2 Å². The number of hydrogen-bond acceptors (Lipinski definition) is 6.